The van der Waals surface area contributed by atoms with Crippen molar-refractivity contribution in [1.82, 2.24) is 13.8 Å². The number of rotatable bonds is 12. The number of fused-ring (bicyclic) bond motifs is 1. The van der Waals surface area contributed by atoms with Gasteiger partial charge in [0.1, 0.15) is 27.9 Å². The Bertz CT molecular complexity index is 2470. The molecule has 6 rings (SSSR count). The minimum atomic E-state index is -4.39. The van der Waals surface area contributed by atoms with Crippen molar-refractivity contribution in [2.24, 2.45) is 0 Å². The Morgan fingerprint density at radius 3 is 2.48 bits per heavy atom. The van der Waals surface area contributed by atoms with Crippen LogP contribution in [0, 0.1) is 5.82 Å². The van der Waals surface area contributed by atoms with Gasteiger partial charge in [-0.05, 0) is 99.3 Å². The second-order valence-electron chi connectivity index (χ2n) is 12.8. The molecule has 1 aliphatic rings. The molecule has 0 amide bonds. The first kappa shape index (κ1) is 36.7. The molecule has 52 heavy (non-hydrogen) atoms. The summed E-state index contributed by atoms with van der Waals surface area (Å²) < 4.78 is 93.9. The molecule has 0 spiro atoms. The maximum Gasteiger partial charge on any atom is 0.306 e. The summed E-state index contributed by atoms with van der Waals surface area (Å²) >= 11 is 0. The first-order chi connectivity index (χ1) is 24.6. The normalized spacial score (nSPS) is 17.0. The van der Waals surface area contributed by atoms with Crippen molar-refractivity contribution in [3.05, 3.63) is 125 Å². The summed E-state index contributed by atoms with van der Waals surface area (Å²) in [6.07, 6.45) is 6.22. The highest BCUT2D eigenvalue weighted by molar-refractivity contribution is 7.94. The van der Waals surface area contributed by atoms with Crippen LogP contribution in [-0.2, 0) is 35.8 Å². The van der Waals surface area contributed by atoms with Crippen molar-refractivity contribution in [2.75, 3.05) is 12.9 Å². The quantitative estimate of drug-likeness (QED) is 0.119. The third kappa shape index (κ3) is 7.04. The molecule has 0 bridgehead atoms. The lowest BCUT2D eigenvalue weighted by molar-refractivity contribution is -0.143. The number of allylic oxidation sites excluding steroid dienone is 2. The molecule has 3 aromatic carbocycles. The second kappa shape index (κ2) is 14.2. The van der Waals surface area contributed by atoms with Crippen LogP contribution in [-0.4, -0.2) is 54.2 Å². The number of carbonyl (C=O) groups excluding carboxylic acids is 1. The van der Waals surface area contributed by atoms with E-state index < -0.39 is 36.3 Å². The van der Waals surface area contributed by atoms with E-state index in [1.165, 1.54) is 37.4 Å². The molecule has 0 N–H and O–H groups in total. The minimum Gasteiger partial charge on any atom is -0.466 e. The second-order valence-corrected chi connectivity index (χ2v) is 17.0. The predicted octanol–water partition coefficient (Wildman–Crippen LogP) is 7.66. The molecule has 0 radical (unpaired) electrons. The van der Waals surface area contributed by atoms with E-state index in [0.717, 1.165) is 27.4 Å². The van der Waals surface area contributed by atoms with Gasteiger partial charge >= 0.3 is 5.97 Å². The summed E-state index contributed by atoms with van der Waals surface area (Å²) in [6.45, 7) is 5.26. The summed E-state index contributed by atoms with van der Waals surface area (Å²) in [5.41, 5.74) is 2.92. The van der Waals surface area contributed by atoms with Crippen molar-refractivity contribution in [1.29, 1.82) is 0 Å². The molecule has 1 aliphatic carbocycles. The van der Waals surface area contributed by atoms with Gasteiger partial charge in [-0.15, -0.1) is 0 Å². The fourth-order valence-corrected chi connectivity index (χ4v) is 8.55. The van der Waals surface area contributed by atoms with Crippen molar-refractivity contribution < 1.29 is 39.9 Å². The number of nitrogens with zero attached hydrogens (tertiary/aromatic N) is 3. The first-order valence-corrected chi connectivity index (χ1v) is 19.9. The van der Waals surface area contributed by atoms with E-state index in [1.54, 1.807) is 48.1 Å². The van der Waals surface area contributed by atoms with E-state index in [0.29, 0.717) is 35.6 Å². The highest BCUT2D eigenvalue weighted by Gasteiger charge is 2.46. The monoisotopic (exact) mass is 749 g/mol. The van der Waals surface area contributed by atoms with Crippen LogP contribution in [0.15, 0.2) is 108 Å². The molecule has 2 aromatic heterocycles. The molecule has 0 aliphatic heterocycles. The van der Waals surface area contributed by atoms with E-state index >= 15 is 8.78 Å². The van der Waals surface area contributed by atoms with Crippen molar-refractivity contribution in [3.63, 3.8) is 0 Å². The number of aryl methyl sites for hydroxylation is 1. The maximum atomic E-state index is 15.4. The average molecular weight is 750 g/mol. The van der Waals surface area contributed by atoms with Gasteiger partial charge in [0.05, 0.1) is 28.8 Å². The molecule has 5 aromatic rings. The molecule has 2 atom stereocenters. The van der Waals surface area contributed by atoms with E-state index in [2.05, 4.69) is 5.10 Å². The third-order valence-corrected chi connectivity index (χ3v) is 12.7. The fraction of sp³-hybridized carbons (Fsp3) is 0.263. The topological polar surface area (TPSA) is 127 Å². The Morgan fingerprint density at radius 2 is 1.75 bits per heavy atom. The third-order valence-electron chi connectivity index (χ3n) is 9.19. The molecule has 0 fully saturated rings. The van der Waals surface area contributed by atoms with Crippen LogP contribution in [0.2, 0.25) is 0 Å². The molecule has 10 nitrogen and oxygen atoms in total. The molecular formula is C38H37F2N3O7S2. The zero-order chi connectivity index (χ0) is 37.4. The first-order valence-electron chi connectivity index (χ1n) is 16.5. The van der Waals surface area contributed by atoms with Crippen molar-refractivity contribution in [3.8, 4) is 22.8 Å². The zero-order valence-corrected chi connectivity index (χ0v) is 30.5. The van der Waals surface area contributed by atoms with E-state index in [1.807, 2.05) is 31.2 Å². The van der Waals surface area contributed by atoms with Crippen LogP contribution >= 0.6 is 0 Å². The lowest BCUT2D eigenvalue weighted by Gasteiger charge is -2.30. The molecule has 2 unspecified atom stereocenters. The Balaban J connectivity index is 1.23. The van der Waals surface area contributed by atoms with Gasteiger partial charge in [0, 0.05) is 36.0 Å². The zero-order valence-electron chi connectivity index (χ0n) is 28.9. The van der Waals surface area contributed by atoms with Crippen LogP contribution in [0.3, 0.4) is 0 Å². The largest absolute Gasteiger partial charge is 0.466 e. The number of ether oxygens (including phenoxy) is 2. The molecule has 2 heterocycles. The molecule has 14 heteroatoms. The molecule has 0 saturated carbocycles. The van der Waals surface area contributed by atoms with Gasteiger partial charge in [0.15, 0.2) is 9.84 Å². The van der Waals surface area contributed by atoms with E-state index in [4.69, 9.17) is 9.47 Å². The van der Waals surface area contributed by atoms with Gasteiger partial charge in [0.2, 0.25) is 0 Å². The van der Waals surface area contributed by atoms with E-state index in [-0.39, 0.29) is 40.8 Å². The number of carbonyl (C=O) groups is 1. The van der Waals surface area contributed by atoms with Gasteiger partial charge in [0.25, 0.3) is 10.0 Å². The fourth-order valence-electron chi connectivity index (χ4n) is 6.17. The number of hydrogen-bond acceptors (Lipinski definition) is 8. The van der Waals surface area contributed by atoms with Crippen LogP contribution in [0.4, 0.5) is 8.78 Å². The summed E-state index contributed by atoms with van der Waals surface area (Å²) in [7, 11) is -8.11. The number of aromatic nitrogens is 3. The summed E-state index contributed by atoms with van der Waals surface area (Å²) in [5, 5.41) is 4.97. The molecule has 0 saturated heterocycles. The smallest absolute Gasteiger partial charge is 0.306 e. The van der Waals surface area contributed by atoms with Crippen LogP contribution in [0.1, 0.15) is 50.8 Å². The van der Waals surface area contributed by atoms with Crippen LogP contribution in [0.25, 0.3) is 22.2 Å². The highest BCUT2D eigenvalue weighted by atomic mass is 32.2. The number of hydrogen-bond donors (Lipinski definition) is 0. The highest BCUT2D eigenvalue weighted by Crippen LogP contribution is 2.40. The molecule has 272 valence electrons. The van der Waals surface area contributed by atoms with Crippen LogP contribution in [0.5, 0.6) is 11.5 Å². The maximum absolute atomic E-state index is 15.4. The lowest BCUT2D eigenvalue weighted by Crippen LogP contribution is -2.41. The van der Waals surface area contributed by atoms with E-state index in [9.17, 15) is 21.6 Å². The number of halogens is 2. The Labute approximate surface area is 301 Å². The van der Waals surface area contributed by atoms with Gasteiger partial charge in [-0.25, -0.2) is 29.6 Å². The van der Waals surface area contributed by atoms with Crippen LogP contribution < -0.4 is 4.74 Å². The van der Waals surface area contributed by atoms with Crippen molar-refractivity contribution >= 4 is 36.7 Å². The minimum absolute atomic E-state index is 0.252. The Morgan fingerprint density at radius 1 is 1.00 bits per heavy atom. The van der Waals surface area contributed by atoms with Gasteiger partial charge in [-0.1, -0.05) is 30.3 Å². The Kier molecular flexibility index (Phi) is 9.99. The number of esters is 1. The lowest BCUT2D eigenvalue weighted by atomic mass is 10.0. The summed E-state index contributed by atoms with van der Waals surface area (Å²) in [4.78, 5) is 11.6. The predicted molar refractivity (Wildman–Crippen MR) is 194 cm³/mol. The Hall–Kier alpha value is -5.08. The number of sulfone groups is 1. The molecular weight excluding hydrogens is 713 g/mol. The summed E-state index contributed by atoms with van der Waals surface area (Å²) in [6, 6.07) is 19.8. The average Bonchev–Trinajstić information content (AvgIpc) is 3.77. The standard InChI is InChI=1S/C38H37F2N3O7S2/c1-5-49-37(44)14-9-26-7-6-8-27(21-26)25(2)43-35(16-19-41-43)32-23-30(10-12-33(32)39)50-29-11-13-34-28(22-29)17-20-42(34)52(47,48)38(3)18-15-31(24-36(38)40)51(4,45)46/h6-8,10-13,15-17,19-25H,5,9,14,18H2,1-4H3. The summed E-state index contributed by atoms with van der Waals surface area (Å²) in [5.74, 6) is -1.15. The van der Waals surface area contributed by atoms with Crippen molar-refractivity contribution in [2.45, 2.75) is 50.8 Å². The van der Waals surface area contributed by atoms with Gasteiger partial charge in [-0.3, -0.25) is 9.48 Å². The van der Waals surface area contributed by atoms with Gasteiger partial charge in [-0.2, -0.15) is 5.10 Å². The van der Waals surface area contributed by atoms with Gasteiger partial charge < -0.3 is 9.47 Å². The number of benzene rings is 3. The SMILES string of the molecule is CCOC(=O)CCc1cccc(C(C)n2nccc2-c2cc(Oc3ccc4c(ccn4S(=O)(=O)C4(C)CC=C(S(C)(=O)=O)C=C4F)c3)ccc2F)c1.